The number of benzene rings is 3. The number of amides is 2. The van der Waals surface area contributed by atoms with Crippen molar-refractivity contribution in [3.8, 4) is 0 Å². The molecule has 2 aliphatic rings. The average molecular weight is 437 g/mol. The van der Waals surface area contributed by atoms with Crippen molar-refractivity contribution in [2.45, 2.75) is 37.8 Å². The minimum Gasteiger partial charge on any atom is -0.288 e. The Bertz CT molecular complexity index is 1100. The van der Waals surface area contributed by atoms with Crippen LogP contribution in [0.5, 0.6) is 0 Å². The van der Waals surface area contributed by atoms with E-state index >= 15 is 0 Å². The van der Waals surface area contributed by atoms with Gasteiger partial charge in [-0.3, -0.25) is 9.80 Å². The molecule has 3 nitrogen and oxygen atoms in total. The van der Waals surface area contributed by atoms with Gasteiger partial charge in [0.2, 0.25) is 0 Å². The van der Waals surface area contributed by atoms with Crippen LogP contribution >= 0.6 is 23.2 Å². The number of hydrogen-bond donors (Lipinski definition) is 0. The van der Waals surface area contributed by atoms with Gasteiger partial charge in [-0.1, -0.05) is 53.0 Å². The number of aryl methyl sites for hydroxylation is 1. The molecule has 1 aliphatic carbocycles. The van der Waals surface area contributed by atoms with Gasteiger partial charge in [0.05, 0.1) is 11.6 Å². The van der Waals surface area contributed by atoms with Gasteiger partial charge in [-0.25, -0.2) is 4.79 Å². The van der Waals surface area contributed by atoms with Crippen LogP contribution in [0.1, 0.15) is 30.4 Å². The fraction of sp³-hybridized carbons (Fsp3) is 0.240. The van der Waals surface area contributed by atoms with Crippen molar-refractivity contribution in [3.05, 3.63) is 94.0 Å². The number of halogens is 2. The molecule has 1 saturated carbocycles. The van der Waals surface area contributed by atoms with Gasteiger partial charge in [-0.15, -0.1) is 0 Å². The smallest absolute Gasteiger partial charge is 0.288 e. The Morgan fingerprint density at radius 3 is 2.17 bits per heavy atom. The van der Waals surface area contributed by atoms with Crippen LogP contribution in [0.25, 0.3) is 0 Å². The first-order valence-corrected chi connectivity index (χ1v) is 11.0. The first kappa shape index (κ1) is 19.5. The molecule has 0 unspecified atom stereocenters. The summed E-state index contributed by atoms with van der Waals surface area (Å²) in [4.78, 5) is 17.9. The van der Waals surface area contributed by atoms with Crippen LogP contribution in [0.2, 0.25) is 10.0 Å². The van der Waals surface area contributed by atoms with Crippen molar-refractivity contribution in [2.24, 2.45) is 0 Å². The van der Waals surface area contributed by atoms with Crippen molar-refractivity contribution in [1.29, 1.82) is 0 Å². The first-order chi connectivity index (χ1) is 14.5. The number of carbonyl (C=O) groups is 1. The predicted octanol–water partition coefficient (Wildman–Crippen LogP) is 7.20. The average Bonchev–Trinajstić information content (AvgIpc) is 3.26. The molecular formula is C25H22Cl2N2O. The summed E-state index contributed by atoms with van der Waals surface area (Å²) in [6.45, 7) is 2.10. The Balaban J connectivity index is 1.72. The van der Waals surface area contributed by atoms with Gasteiger partial charge < -0.3 is 0 Å². The molecule has 5 heteroatoms. The topological polar surface area (TPSA) is 23.6 Å². The highest BCUT2D eigenvalue weighted by Gasteiger charge is 2.61. The summed E-state index contributed by atoms with van der Waals surface area (Å²) in [5.74, 6) is 0. The number of fused-ring (bicyclic) bond motifs is 1. The van der Waals surface area contributed by atoms with Gasteiger partial charge in [0, 0.05) is 21.4 Å². The summed E-state index contributed by atoms with van der Waals surface area (Å²) in [6.07, 6.45) is 2.92. The van der Waals surface area contributed by atoms with Crippen LogP contribution in [0.3, 0.4) is 0 Å². The van der Waals surface area contributed by atoms with Crippen molar-refractivity contribution in [1.82, 2.24) is 0 Å². The van der Waals surface area contributed by atoms with Crippen molar-refractivity contribution < 1.29 is 4.79 Å². The van der Waals surface area contributed by atoms with Gasteiger partial charge >= 0.3 is 6.03 Å². The second-order valence-electron chi connectivity index (χ2n) is 8.14. The fourth-order valence-corrected chi connectivity index (χ4v) is 5.44. The third-order valence-corrected chi connectivity index (χ3v) is 6.91. The van der Waals surface area contributed by atoms with E-state index in [2.05, 4.69) is 31.2 Å². The van der Waals surface area contributed by atoms with Crippen LogP contribution < -0.4 is 9.80 Å². The second kappa shape index (κ2) is 7.33. The molecule has 0 bridgehead atoms. The SMILES string of the molecule is Cc1cccc([C@@]23CCC[C@@H]2N(c2ccc(Cl)cc2)C(=O)N3c2ccc(Cl)cc2)c1. The summed E-state index contributed by atoms with van der Waals surface area (Å²) < 4.78 is 0. The predicted molar refractivity (Wildman–Crippen MR) is 124 cm³/mol. The zero-order valence-electron chi connectivity index (χ0n) is 16.7. The second-order valence-corrected chi connectivity index (χ2v) is 9.02. The molecule has 152 valence electrons. The maximum atomic E-state index is 13.9. The summed E-state index contributed by atoms with van der Waals surface area (Å²) in [7, 11) is 0. The molecule has 2 atom stereocenters. The summed E-state index contributed by atoms with van der Waals surface area (Å²) in [5, 5.41) is 1.32. The quantitative estimate of drug-likeness (QED) is 0.425. The molecule has 2 fully saturated rings. The lowest BCUT2D eigenvalue weighted by Crippen LogP contribution is -2.46. The Hall–Kier alpha value is -2.49. The Kier molecular flexibility index (Phi) is 4.76. The zero-order valence-corrected chi connectivity index (χ0v) is 18.2. The molecule has 0 aromatic heterocycles. The van der Waals surface area contributed by atoms with Gasteiger partial charge in [-0.2, -0.15) is 0 Å². The number of carbonyl (C=O) groups excluding carboxylic acids is 1. The maximum Gasteiger partial charge on any atom is 0.330 e. The first-order valence-electron chi connectivity index (χ1n) is 10.2. The minimum atomic E-state index is -0.420. The van der Waals surface area contributed by atoms with Crippen molar-refractivity contribution >= 4 is 40.6 Å². The van der Waals surface area contributed by atoms with Gasteiger partial charge in [0.15, 0.2) is 0 Å². The number of rotatable bonds is 3. The molecule has 1 heterocycles. The third kappa shape index (κ3) is 2.91. The zero-order chi connectivity index (χ0) is 20.9. The van der Waals surface area contributed by atoms with E-state index in [1.807, 2.05) is 58.3 Å². The molecule has 0 N–H and O–H groups in total. The Morgan fingerprint density at radius 2 is 1.53 bits per heavy atom. The van der Waals surface area contributed by atoms with Crippen molar-refractivity contribution in [2.75, 3.05) is 9.80 Å². The van der Waals surface area contributed by atoms with Crippen LogP contribution in [-0.4, -0.2) is 12.1 Å². The largest absolute Gasteiger partial charge is 0.330 e. The molecule has 30 heavy (non-hydrogen) atoms. The van der Waals surface area contributed by atoms with E-state index in [-0.39, 0.29) is 12.1 Å². The standard InChI is InChI=1S/C25H22Cl2N2O/c1-17-4-2-5-18(16-17)25-15-3-6-23(25)28(21-11-7-19(26)8-12-21)24(30)29(25)22-13-9-20(27)10-14-22/h2,4-5,7-14,16,23H,3,6,15H2,1H3/t23-,25-/m0/s1. The lowest BCUT2D eigenvalue weighted by molar-refractivity contribution is 0.253. The highest BCUT2D eigenvalue weighted by atomic mass is 35.5. The maximum absolute atomic E-state index is 13.9. The minimum absolute atomic E-state index is 0.00847. The molecule has 2 amide bonds. The molecule has 5 rings (SSSR count). The number of nitrogens with zero attached hydrogens (tertiary/aromatic N) is 2. The lowest BCUT2D eigenvalue weighted by atomic mass is 9.83. The van der Waals surface area contributed by atoms with Crippen LogP contribution in [0.15, 0.2) is 72.8 Å². The molecule has 0 spiro atoms. The van der Waals surface area contributed by atoms with Gasteiger partial charge in [-0.05, 0) is 80.3 Å². The highest BCUT2D eigenvalue weighted by molar-refractivity contribution is 6.31. The molecule has 1 aliphatic heterocycles. The summed E-state index contributed by atoms with van der Waals surface area (Å²) in [5.41, 5.74) is 3.71. The van der Waals surface area contributed by atoms with E-state index in [1.54, 1.807) is 0 Å². The molecule has 3 aromatic rings. The van der Waals surface area contributed by atoms with Gasteiger partial charge in [0.1, 0.15) is 0 Å². The highest BCUT2D eigenvalue weighted by Crippen LogP contribution is 2.54. The van der Waals surface area contributed by atoms with E-state index in [4.69, 9.17) is 23.2 Å². The van der Waals surface area contributed by atoms with E-state index in [0.717, 1.165) is 30.6 Å². The van der Waals surface area contributed by atoms with Crippen molar-refractivity contribution in [3.63, 3.8) is 0 Å². The van der Waals surface area contributed by atoms with Crippen LogP contribution in [0, 0.1) is 6.92 Å². The third-order valence-electron chi connectivity index (χ3n) is 6.40. The summed E-state index contributed by atoms with van der Waals surface area (Å²) >= 11 is 12.3. The van der Waals surface area contributed by atoms with E-state index in [0.29, 0.717) is 10.0 Å². The van der Waals surface area contributed by atoms with E-state index < -0.39 is 5.54 Å². The van der Waals surface area contributed by atoms with E-state index in [1.165, 1.54) is 11.1 Å². The number of urea groups is 1. The molecule has 1 saturated heterocycles. The summed E-state index contributed by atoms with van der Waals surface area (Å²) in [6, 6.07) is 23.8. The fourth-order valence-electron chi connectivity index (χ4n) is 5.19. The lowest BCUT2D eigenvalue weighted by Gasteiger charge is -2.38. The number of anilines is 2. The normalized spacial score (nSPS) is 23.2. The van der Waals surface area contributed by atoms with E-state index in [9.17, 15) is 4.79 Å². The number of hydrogen-bond acceptors (Lipinski definition) is 1. The molecular weight excluding hydrogens is 415 g/mol. The molecule has 0 radical (unpaired) electrons. The molecule has 3 aromatic carbocycles. The van der Waals surface area contributed by atoms with Gasteiger partial charge in [0.25, 0.3) is 0 Å². The monoisotopic (exact) mass is 436 g/mol. The van der Waals surface area contributed by atoms with Crippen LogP contribution in [-0.2, 0) is 5.54 Å². The Morgan fingerprint density at radius 1 is 0.900 bits per heavy atom. The Labute approximate surface area is 186 Å². The van der Waals surface area contributed by atoms with Crippen LogP contribution in [0.4, 0.5) is 16.2 Å².